The Bertz CT molecular complexity index is 757. The summed E-state index contributed by atoms with van der Waals surface area (Å²) in [6.45, 7) is 1.56. The fraction of sp³-hybridized carbons (Fsp3) is 0.500. The number of nitrogens with one attached hydrogen (secondary N) is 3. The normalized spacial score (nSPS) is 35.3. The maximum absolute atomic E-state index is 12.9. The highest BCUT2D eigenvalue weighted by molar-refractivity contribution is 7.80. The molecule has 4 N–H and O–H groups in total. The number of esters is 2. The zero-order valence-electron chi connectivity index (χ0n) is 15.3. The molecule has 1 aromatic rings. The number of carbonyl (C=O) groups is 2. The van der Waals surface area contributed by atoms with Crippen molar-refractivity contribution in [3.8, 4) is 0 Å². The molecule has 5 atom stereocenters. The Kier molecular flexibility index (Phi) is 5.11. The highest BCUT2D eigenvalue weighted by Gasteiger charge is 2.65. The van der Waals surface area contributed by atoms with Gasteiger partial charge in [-0.3, -0.25) is 15.0 Å². The lowest BCUT2D eigenvalue weighted by atomic mass is 9.58. The van der Waals surface area contributed by atoms with Crippen LogP contribution in [0.4, 0.5) is 0 Å². The van der Waals surface area contributed by atoms with Crippen molar-refractivity contribution in [2.24, 2.45) is 11.8 Å². The summed E-state index contributed by atoms with van der Waals surface area (Å²) < 4.78 is 10.0. The minimum absolute atomic E-state index is 0.0238. The molecule has 9 heteroatoms. The number of aliphatic hydroxyl groups is 1. The van der Waals surface area contributed by atoms with Crippen molar-refractivity contribution < 1.29 is 24.2 Å². The fourth-order valence-electron chi connectivity index (χ4n) is 4.41. The van der Waals surface area contributed by atoms with Gasteiger partial charge in [-0.25, -0.2) is 5.43 Å². The SMILES string of the molecule is COC(=O)C1C(c2ccccc2)C(C(=O)OC)C2(CC1(C)O)NNC(=S)N2. The lowest BCUT2D eigenvalue weighted by Gasteiger charge is -2.52. The molecule has 1 aliphatic carbocycles. The van der Waals surface area contributed by atoms with Gasteiger partial charge < -0.3 is 19.9 Å². The van der Waals surface area contributed by atoms with Crippen molar-refractivity contribution in [3.63, 3.8) is 0 Å². The van der Waals surface area contributed by atoms with Gasteiger partial charge in [0.15, 0.2) is 5.11 Å². The monoisotopic (exact) mass is 393 g/mol. The molecule has 3 rings (SSSR count). The van der Waals surface area contributed by atoms with Gasteiger partial charge in [0.25, 0.3) is 0 Å². The molecule has 0 bridgehead atoms. The van der Waals surface area contributed by atoms with E-state index in [4.69, 9.17) is 21.7 Å². The quantitative estimate of drug-likeness (QED) is 0.422. The number of methoxy groups -OCH3 is 2. The molecule has 1 spiro atoms. The van der Waals surface area contributed by atoms with Gasteiger partial charge in [0, 0.05) is 12.3 Å². The van der Waals surface area contributed by atoms with Crippen LogP contribution < -0.4 is 16.2 Å². The van der Waals surface area contributed by atoms with Crippen molar-refractivity contribution in [2.45, 2.75) is 30.5 Å². The summed E-state index contributed by atoms with van der Waals surface area (Å²) in [7, 11) is 2.55. The maximum atomic E-state index is 12.9. The number of benzene rings is 1. The van der Waals surface area contributed by atoms with Crippen LogP contribution in [0.5, 0.6) is 0 Å². The van der Waals surface area contributed by atoms with Gasteiger partial charge in [-0.05, 0) is 24.7 Å². The first-order valence-corrected chi connectivity index (χ1v) is 8.95. The van der Waals surface area contributed by atoms with Crippen LogP contribution in [0.25, 0.3) is 0 Å². The standard InChI is InChI=1S/C18H23N3O5S/c1-17(24)9-18(19-16(27)20-21-18)13(15(23)26-3)11(12(17)14(22)25-2)10-7-5-4-6-8-10/h4-8,11-13,21,24H,9H2,1-3H3,(H2,19,20,27). The highest BCUT2D eigenvalue weighted by Crippen LogP contribution is 2.51. The second-order valence-electron chi connectivity index (χ2n) is 7.15. The lowest BCUT2D eigenvalue weighted by molar-refractivity contribution is -0.177. The van der Waals surface area contributed by atoms with E-state index in [0.29, 0.717) is 10.7 Å². The third kappa shape index (κ3) is 3.26. The second-order valence-corrected chi connectivity index (χ2v) is 7.56. The van der Waals surface area contributed by atoms with E-state index >= 15 is 0 Å². The lowest BCUT2D eigenvalue weighted by Crippen LogP contribution is -2.70. The van der Waals surface area contributed by atoms with Crippen molar-refractivity contribution in [2.75, 3.05) is 14.2 Å². The zero-order chi connectivity index (χ0) is 19.8. The van der Waals surface area contributed by atoms with Crippen LogP contribution in [0, 0.1) is 11.8 Å². The van der Waals surface area contributed by atoms with Crippen molar-refractivity contribution in [1.82, 2.24) is 16.2 Å². The molecule has 8 nitrogen and oxygen atoms in total. The maximum Gasteiger partial charge on any atom is 0.313 e. The van der Waals surface area contributed by atoms with E-state index in [9.17, 15) is 14.7 Å². The number of hydrazine groups is 1. The summed E-state index contributed by atoms with van der Waals surface area (Å²) in [4.78, 5) is 25.6. The van der Waals surface area contributed by atoms with Crippen molar-refractivity contribution in [1.29, 1.82) is 0 Å². The van der Waals surface area contributed by atoms with Gasteiger partial charge in [-0.15, -0.1) is 0 Å². The minimum Gasteiger partial charge on any atom is -0.469 e. The van der Waals surface area contributed by atoms with Crippen LogP contribution in [0.1, 0.15) is 24.8 Å². The first-order valence-electron chi connectivity index (χ1n) is 8.54. The van der Waals surface area contributed by atoms with Crippen LogP contribution in [-0.4, -0.2) is 47.6 Å². The average molecular weight is 393 g/mol. The molecule has 2 aliphatic rings. The third-order valence-electron chi connectivity index (χ3n) is 5.39. The van der Waals surface area contributed by atoms with Crippen LogP contribution in [0.2, 0.25) is 0 Å². The van der Waals surface area contributed by atoms with E-state index in [1.807, 2.05) is 30.3 Å². The largest absolute Gasteiger partial charge is 0.469 e. The van der Waals surface area contributed by atoms with E-state index in [2.05, 4.69) is 16.2 Å². The molecule has 1 heterocycles. The fourth-order valence-corrected chi connectivity index (χ4v) is 4.64. The molecule has 5 unspecified atom stereocenters. The molecule has 1 saturated carbocycles. The summed E-state index contributed by atoms with van der Waals surface area (Å²) in [6.07, 6.45) is 0.0238. The van der Waals surface area contributed by atoms with E-state index < -0.39 is 41.0 Å². The van der Waals surface area contributed by atoms with Gasteiger partial charge in [0.05, 0.1) is 25.7 Å². The van der Waals surface area contributed by atoms with Gasteiger partial charge >= 0.3 is 11.9 Å². The Morgan fingerprint density at radius 3 is 2.26 bits per heavy atom. The summed E-state index contributed by atoms with van der Waals surface area (Å²) in [5.41, 5.74) is 3.90. The molecule has 27 heavy (non-hydrogen) atoms. The Morgan fingerprint density at radius 1 is 1.15 bits per heavy atom. The van der Waals surface area contributed by atoms with E-state index in [0.717, 1.165) is 0 Å². The Labute approximate surface area is 162 Å². The van der Waals surface area contributed by atoms with E-state index in [-0.39, 0.29) is 6.42 Å². The Morgan fingerprint density at radius 2 is 1.74 bits per heavy atom. The molecular formula is C18H23N3O5S. The topological polar surface area (TPSA) is 109 Å². The summed E-state index contributed by atoms with van der Waals surface area (Å²) >= 11 is 5.17. The first-order chi connectivity index (χ1) is 12.8. The van der Waals surface area contributed by atoms with Crippen LogP contribution >= 0.6 is 12.2 Å². The zero-order valence-corrected chi connectivity index (χ0v) is 16.1. The predicted molar refractivity (Wildman–Crippen MR) is 100 cm³/mol. The molecule has 0 aromatic heterocycles. The van der Waals surface area contributed by atoms with Crippen LogP contribution in [0.3, 0.4) is 0 Å². The molecule has 146 valence electrons. The number of hydrogen-bond donors (Lipinski definition) is 4. The Hall–Kier alpha value is -2.23. The number of rotatable bonds is 3. The smallest absolute Gasteiger partial charge is 0.313 e. The number of carbonyl (C=O) groups excluding carboxylic acids is 2. The molecular weight excluding hydrogens is 370 g/mol. The molecule has 1 aliphatic heterocycles. The van der Waals surface area contributed by atoms with Gasteiger partial charge in [-0.2, -0.15) is 0 Å². The van der Waals surface area contributed by atoms with E-state index in [1.165, 1.54) is 14.2 Å². The van der Waals surface area contributed by atoms with Crippen molar-refractivity contribution >= 4 is 29.3 Å². The van der Waals surface area contributed by atoms with E-state index in [1.54, 1.807) is 6.92 Å². The third-order valence-corrected chi connectivity index (χ3v) is 5.59. The highest BCUT2D eigenvalue weighted by atomic mass is 32.1. The number of thiocarbonyl (C=S) groups is 1. The van der Waals surface area contributed by atoms with Crippen molar-refractivity contribution in [3.05, 3.63) is 35.9 Å². The second kappa shape index (κ2) is 7.06. The number of hydrogen-bond acceptors (Lipinski definition) is 7. The first kappa shape index (κ1) is 19.5. The van der Waals surface area contributed by atoms with Gasteiger partial charge in [0.2, 0.25) is 0 Å². The summed E-state index contributed by atoms with van der Waals surface area (Å²) in [5.74, 6) is -3.66. The Balaban J connectivity index is 2.22. The summed E-state index contributed by atoms with van der Waals surface area (Å²) in [5, 5.41) is 14.6. The summed E-state index contributed by atoms with van der Waals surface area (Å²) in [6, 6.07) is 9.08. The van der Waals surface area contributed by atoms with Crippen LogP contribution in [-0.2, 0) is 19.1 Å². The minimum atomic E-state index is -1.49. The predicted octanol–water partition coefficient (Wildman–Crippen LogP) is 0.182. The molecule has 0 radical (unpaired) electrons. The average Bonchev–Trinajstić information content (AvgIpc) is 3.00. The molecule has 2 fully saturated rings. The molecule has 0 amide bonds. The van der Waals surface area contributed by atoms with Gasteiger partial charge in [-0.1, -0.05) is 30.3 Å². The number of ether oxygens (including phenoxy) is 2. The van der Waals surface area contributed by atoms with Gasteiger partial charge in [0.1, 0.15) is 11.6 Å². The molecule has 1 saturated heterocycles. The molecule has 1 aromatic carbocycles. The van der Waals surface area contributed by atoms with Crippen LogP contribution in [0.15, 0.2) is 30.3 Å².